The highest BCUT2D eigenvalue weighted by molar-refractivity contribution is 4.83. The first kappa shape index (κ1) is 16.2. The fraction of sp³-hybridized carbons (Fsp3) is 1.00. The summed E-state index contributed by atoms with van der Waals surface area (Å²) in [5.74, 6) is 0.794. The molecule has 4 nitrogen and oxygen atoms in total. The minimum atomic E-state index is 0.745. The van der Waals surface area contributed by atoms with E-state index in [1.165, 1.54) is 71.7 Å². The van der Waals surface area contributed by atoms with Gasteiger partial charge in [0.15, 0.2) is 0 Å². The summed E-state index contributed by atoms with van der Waals surface area (Å²) in [5.41, 5.74) is 0. The molecule has 2 aliphatic rings. The molecule has 2 rings (SSSR count). The quantitative estimate of drug-likeness (QED) is 0.783. The van der Waals surface area contributed by atoms with E-state index in [-0.39, 0.29) is 0 Å². The molecule has 2 unspecified atom stereocenters. The highest BCUT2D eigenvalue weighted by atomic mass is 15.3. The Hall–Kier alpha value is -0.160. The van der Waals surface area contributed by atoms with Gasteiger partial charge in [-0.15, -0.1) is 0 Å². The molecule has 4 heteroatoms. The van der Waals surface area contributed by atoms with Crippen molar-refractivity contribution >= 4 is 0 Å². The second-order valence-electron chi connectivity index (χ2n) is 6.77. The average molecular weight is 282 g/mol. The maximum atomic E-state index is 3.71. The van der Waals surface area contributed by atoms with Crippen LogP contribution in [0.1, 0.15) is 26.7 Å². The van der Waals surface area contributed by atoms with Crippen molar-refractivity contribution in [2.24, 2.45) is 5.92 Å². The van der Waals surface area contributed by atoms with Crippen LogP contribution in [0.2, 0.25) is 0 Å². The number of rotatable bonds is 6. The van der Waals surface area contributed by atoms with E-state index in [9.17, 15) is 0 Å². The lowest BCUT2D eigenvalue weighted by Gasteiger charge is -2.39. The molecule has 0 aromatic rings. The Morgan fingerprint density at radius 3 is 2.35 bits per heavy atom. The van der Waals surface area contributed by atoms with Gasteiger partial charge in [0.05, 0.1) is 0 Å². The Balaban J connectivity index is 1.63. The molecule has 2 saturated heterocycles. The molecular formula is C16H34N4. The molecule has 2 heterocycles. The largest absolute Gasteiger partial charge is 0.314 e. The predicted molar refractivity (Wildman–Crippen MR) is 86.2 cm³/mol. The van der Waals surface area contributed by atoms with E-state index in [0.717, 1.165) is 12.0 Å². The second kappa shape index (κ2) is 8.32. The highest BCUT2D eigenvalue weighted by Crippen LogP contribution is 2.16. The van der Waals surface area contributed by atoms with E-state index in [1.54, 1.807) is 0 Å². The summed E-state index contributed by atoms with van der Waals surface area (Å²) < 4.78 is 0. The molecule has 0 spiro atoms. The van der Waals surface area contributed by atoms with Crippen molar-refractivity contribution in [3.05, 3.63) is 0 Å². The lowest BCUT2D eigenvalue weighted by Crippen LogP contribution is -2.51. The van der Waals surface area contributed by atoms with Crippen molar-refractivity contribution in [3.8, 4) is 0 Å². The van der Waals surface area contributed by atoms with Crippen molar-refractivity contribution in [1.29, 1.82) is 0 Å². The summed E-state index contributed by atoms with van der Waals surface area (Å²) >= 11 is 0. The molecule has 2 aliphatic heterocycles. The van der Waals surface area contributed by atoms with Crippen LogP contribution in [0, 0.1) is 5.92 Å². The van der Waals surface area contributed by atoms with Gasteiger partial charge in [0, 0.05) is 51.9 Å². The molecular weight excluding hydrogens is 248 g/mol. The van der Waals surface area contributed by atoms with Crippen LogP contribution < -0.4 is 5.32 Å². The zero-order valence-electron chi connectivity index (χ0n) is 13.8. The summed E-state index contributed by atoms with van der Waals surface area (Å²) in [5, 5.41) is 3.71. The Kier molecular flexibility index (Phi) is 6.75. The Morgan fingerprint density at radius 1 is 1.00 bits per heavy atom. The first-order valence-corrected chi connectivity index (χ1v) is 8.55. The van der Waals surface area contributed by atoms with Crippen LogP contribution in [0.3, 0.4) is 0 Å². The van der Waals surface area contributed by atoms with E-state index >= 15 is 0 Å². The predicted octanol–water partition coefficient (Wildman–Crippen LogP) is 0.944. The number of piperazine rings is 1. The summed E-state index contributed by atoms with van der Waals surface area (Å²) in [6.07, 6.45) is 2.57. The SMILES string of the molecule is CCCNC1CCN(CCN2CCN(C)CC2)CC1C. The zero-order chi connectivity index (χ0) is 14.4. The molecule has 20 heavy (non-hydrogen) atoms. The number of nitrogens with one attached hydrogen (secondary N) is 1. The fourth-order valence-corrected chi connectivity index (χ4v) is 3.42. The molecule has 2 atom stereocenters. The number of likely N-dealkylation sites (tertiary alicyclic amines) is 1. The second-order valence-corrected chi connectivity index (χ2v) is 6.77. The van der Waals surface area contributed by atoms with Gasteiger partial charge >= 0.3 is 0 Å². The average Bonchev–Trinajstić information content (AvgIpc) is 2.46. The summed E-state index contributed by atoms with van der Waals surface area (Å²) in [7, 11) is 2.23. The maximum Gasteiger partial charge on any atom is 0.0117 e. The number of likely N-dealkylation sites (N-methyl/N-ethyl adjacent to an activating group) is 1. The van der Waals surface area contributed by atoms with Gasteiger partial charge in [-0.05, 0) is 38.9 Å². The molecule has 0 aromatic carbocycles. The van der Waals surface area contributed by atoms with Gasteiger partial charge in [0.1, 0.15) is 0 Å². The van der Waals surface area contributed by atoms with Gasteiger partial charge in [0.2, 0.25) is 0 Å². The minimum absolute atomic E-state index is 0.745. The maximum absolute atomic E-state index is 3.71. The van der Waals surface area contributed by atoms with Gasteiger partial charge in [-0.3, -0.25) is 4.90 Å². The van der Waals surface area contributed by atoms with Gasteiger partial charge in [-0.25, -0.2) is 0 Å². The van der Waals surface area contributed by atoms with Gasteiger partial charge < -0.3 is 15.1 Å². The highest BCUT2D eigenvalue weighted by Gasteiger charge is 2.25. The normalized spacial score (nSPS) is 30.8. The number of hydrogen-bond donors (Lipinski definition) is 1. The van der Waals surface area contributed by atoms with Crippen LogP contribution in [-0.4, -0.2) is 86.7 Å². The van der Waals surface area contributed by atoms with Gasteiger partial charge in [-0.2, -0.15) is 0 Å². The van der Waals surface area contributed by atoms with Crippen LogP contribution in [0.4, 0.5) is 0 Å². The van der Waals surface area contributed by atoms with E-state index in [2.05, 4.69) is 40.9 Å². The van der Waals surface area contributed by atoms with Crippen LogP contribution in [0.25, 0.3) is 0 Å². The molecule has 0 amide bonds. The zero-order valence-corrected chi connectivity index (χ0v) is 13.8. The first-order valence-electron chi connectivity index (χ1n) is 8.55. The number of nitrogens with zero attached hydrogens (tertiary/aromatic N) is 3. The number of piperidine rings is 1. The summed E-state index contributed by atoms with van der Waals surface area (Å²) in [6.45, 7) is 15.9. The Bertz CT molecular complexity index is 263. The van der Waals surface area contributed by atoms with Crippen molar-refractivity contribution in [3.63, 3.8) is 0 Å². The van der Waals surface area contributed by atoms with Gasteiger partial charge in [-0.1, -0.05) is 13.8 Å². The van der Waals surface area contributed by atoms with Gasteiger partial charge in [0.25, 0.3) is 0 Å². The lowest BCUT2D eigenvalue weighted by atomic mass is 9.93. The molecule has 0 aliphatic carbocycles. The fourth-order valence-electron chi connectivity index (χ4n) is 3.42. The van der Waals surface area contributed by atoms with Crippen molar-refractivity contribution < 1.29 is 0 Å². The Morgan fingerprint density at radius 2 is 1.70 bits per heavy atom. The third-order valence-corrected chi connectivity index (χ3v) is 4.97. The van der Waals surface area contributed by atoms with E-state index in [0.29, 0.717) is 0 Å². The first-order chi connectivity index (χ1) is 9.69. The summed E-state index contributed by atoms with van der Waals surface area (Å²) in [6, 6.07) is 0.745. The van der Waals surface area contributed by atoms with Crippen LogP contribution >= 0.6 is 0 Å². The molecule has 2 fully saturated rings. The standard InChI is InChI=1S/C16H34N4/c1-4-6-17-16-5-7-20(14-15(16)2)13-12-19-10-8-18(3)9-11-19/h15-17H,4-14H2,1-3H3. The van der Waals surface area contributed by atoms with Crippen LogP contribution in [0.15, 0.2) is 0 Å². The van der Waals surface area contributed by atoms with Crippen LogP contribution in [0.5, 0.6) is 0 Å². The van der Waals surface area contributed by atoms with Crippen molar-refractivity contribution in [2.45, 2.75) is 32.7 Å². The molecule has 0 saturated carbocycles. The van der Waals surface area contributed by atoms with Crippen molar-refractivity contribution in [2.75, 3.05) is 66.0 Å². The minimum Gasteiger partial charge on any atom is -0.314 e. The summed E-state index contributed by atoms with van der Waals surface area (Å²) in [4.78, 5) is 7.74. The van der Waals surface area contributed by atoms with E-state index in [4.69, 9.17) is 0 Å². The molecule has 118 valence electrons. The van der Waals surface area contributed by atoms with Crippen LogP contribution in [-0.2, 0) is 0 Å². The topological polar surface area (TPSA) is 21.8 Å². The monoisotopic (exact) mass is 282 g/mol. The molecule has 1 N–H and O–H groups in total. The molecule has 0 radical (unpaired) electrons. The molecule has 0 bridgehead atoms. The third-order valence-electron chi connectivity index (χ3n) is 4.97. The number of hydrogen-bond acceptors (Lipinski definition) is 4. The Labute approximate surface area is 125 Å². The lowest BCUT2D eigenvalue weighted by molar-refractivity contribution is 0.106. The molecule has 0 aromatic heterocycles. The van der Waals surface area contributed by atoms with E-state index < -0.39 is 0 Å². The third kappa shape index (κ3) is 4.99. The van der Waals surface area contributed by atoms with Crippen molar-refractivity contribution in [1.82, 2.24) is 20.0 Å². The van der Waals surface area contributed by atoms with E-state index in [1.807, 2.05) is 0 Å². The smallest absolute Gasteiger partial charge is 0.0117 e.